The molecule has 1 fully saturated rings. The van der Waals surface area contributed by atoms with Crippen molar-refractivity contribution in [3.8, 4) is 11.5 Å². The number of nitrogens with zero attached hydrogens (tertiary/aromatic N) is 3. The lowest BCUT2D eigenvalue weighted by molar-refractivity contribution is -0.130. The minimum Gasteiger partial charge on any atom is -0.339 e. The number of carbonyl (C=O) groups excluding carboxylic acids is 1. The van der Waals surface area contributed by atoms with Crippen LogP contribution in [0.4, 0.5) is 4.39 Å². The van der Waals surface area contributed by atoms with E-state index in [1.54, 1.807) is 4.90 Å². The predicted molar refractivity (Wildman–Crippen MR) is 103 cm³/mol. The Morgan fingerprint density at radius 2 is 1.82 bits per heavy atom. The van der Waals surface area contributed by atoms with E-state index in [0.717, 1.165) is 18.4 Å². The molecule has 1 aromatic heterocycles. The third-order valence-electron chi connectivity index (χ3n) is 5.12. The van der Waals surface area contributed by atoms with Gasteiger partial charge in [0.2, 0.25) is 11.7 Å². The van der Waals surface area contributed by atoms with Crippen molar-refractivity contribution in [3.63, 3.8) is 0 Å². The molecule has 1 aliphatic rings. The molecular weight excluding hydrogens is 357 g/mol. The first kappa shape index (κ1) is 18.3. The van der Waals surface area contributed by atoms with E-state index in [4.69, 9.17) is 4.52 Å². The largest absolute Gasteiger partial charge is 0.339 e. The lowest BCUT2D eigenvalue weighted by Crippen LogP contribution is -2.32. The molecule has 0 aliphatic carbocycles. The Kier molecular flexibility index (Phi) is 5.19. The molecule has 2 aromatic carbocycles. The second-order valence-electron chi connectivity index (χ2n) is 7.16. The molecule has 3 aromatic rings. The molecule has 28 heavy (non-hydrogen) atoms. The smallest absolute Gasteiger partial charge is 0.258 e. The Hall–Kier alpha value is -3.02. The summed E-state index contributed by atoms with van der Waals surface area (Å²) in [7, 11) is 0. The van der Waals surface area contributed by atoms with Crippen molar-refractivity contribution in [2.45, 2.75) is 31.4 Å². The van der Waals surface area contributed by atoms with Gasteiger partial charge in [0, 0.05) is 24.9 Å². The molecule has 1 unspecified atom stereocenters. The Balaban J connectivity index is 1.35. The van der Waals surface area contributed by atoms with Crippen LogP contribution in [0.1, 0.15) is 30.7 Å². The van der Waals surface area contributed by atoms with Gasteiger partial charge >= 0.3 is 0 Å². The maximum absolute atomic E-state index is 15.4. The maximum atomic E-state index is 15.4. The van der Waals surface area contributed by atoms with Gasteiger partial charge in [-0.15, -0.1) is 0 Å². The zero-order chi connectivity index (χ0) is 19.4. The monoisotopic (exact) mass is 379 g/mol. The van der Waals surface area contributed by atoms with Crippen LogP contribution in [0.3, 0.4) is 0 Å². The minimum atomic E-state index is -1.76. The number of aromatic nitrogens is 2. The number of carbonyl (C=O) groups is 1. The summed E-state index contributed by atoms with van der Waals surface area (Å²) in [6.07, 6.45) is 2.18. The highest BCUT2D eigenvalue weighted by Gasteiger charge is 2.45. The maximum Gasteiger partial charge on any atom is 0.258 e. The fourth-order valence-corrected chi connectivity index (χ4v) is 3.52. The molecule has 1 atom stereocenters. The second kappa shape index (κ2) is 7.92. The topological polar surface area (TPSA) is 59.2 Å². The number of rotatable bonds is 6. The molecule has 4 rings (SSSR count). The van der Waals surface area contributed by atoms with E-state index in [1.165, 1.54) is 5.56 Å². The zero-order valence-electron chi connectivity index (χ0n) is 15.6. The molecule has 1 saturated heterocycles. The van der Waals surface area contributed by atoms with Crippen LogP contribution in [0, 0.1) is 0 Å². The first-order valence-corrected chi connectivity index (χ1v) is 9.54. The summed E-state index contributed by atoms with van der Waals surface area (Å²) >= 11 is 0. The van der Waals surface area contributed by atoms with Crippen LogP contribution in [-0.2, 0) is 16.9 Å². The van der Waals surface area contributed by atoms with Gasteiger partial charge in [0.15, 0.2) is 5.67 Å². The Morgan fingerprint density at radius 1 is 1.11 bits per heavy atom. The van der Waals surface area contributed by atoms with Gasteiger partial charge in [-0.3, -0.25) is 4.79 Å². The normalized spacial score (nSPS) is 19.1. The lowest BCUT2D eigenvalue weighted by Gasteiger charge is -2.18. The first-order chi connectivity index (χ1) is 13.6. The van der Waals surface area contributed by atoms with Gasteiger partial charge in [-0.25, -0.2) is 4.39 Å². The predicted octanol–water partition coefficient (Wildman–Crippen LogP) is 4.16. The van der Waals surface area contributed by atoms with Gasteiger partial charge in [0.1, 0.15) is 0 Å². The summed E-state index contributed by atoms with van der Waals surface area (Å²) < 4.78 is 20.6. The molecule has 0 radical (unpaired) electrons. The van der Waals surface area contributed by atoms with Gasteiger partial charge in [-0.1, -0.05) is 53.7 Å². The number of likely N-dealkylation sites (tertiary alicyclic amines) is 1. The number of hydrogen-bond acceptors (Lipinski definition) is 4. The van der Waals surface area contributed by atoms with Crippen LogP contribution < -0.4 is 0 Å². The highest BCUT2D eigenvalue weighted by atomic mass is 19.1. The minimum absolute atomic E-state index is 0.0194. The molecule has 1 aliphatic heterocycles. The summed E-state index contributed by atoms with van der Waals surface area (Å²) in [4.78, 5) is 18.3. The van der Waals surface area contributed by atoms with Crippen molar-refractivity contribution >= 4 is 5.91 Å². The molecule has 6 heteroatoms. The van der Waals surface area contributed by atoms with Crippen LogP contribution in [0.5, 0.6) is 0 Å². The van der Waals surface area contributed by atoms with Gasteiger partial charge < -0.3 is 9.42 Å². The molecule has 2 heterocycles. The first-order valence-electron chi connectivity index (χ1n) is 9.54. The highest BCUT2D eigenvalue weighted by Crippen LogP contribution is 2.35. The lowest BCUT2D eigenvalue weighted by atomic mass is 10.1. The van der Waals surface area contributed by atoms with Gasteiger partial charge in [0.05, 0.1) is 6.54 Å². The second-order valence-corrected chi connectivity index (χ2v) is 7.16. The Bertz CT molecular complexity index is 929. The van der Waals surface area contributed by atoms with E-state index in [2.05, 4.69) is 10.1 Å². The van der Waals surface area contributed by atoms with Crippen LogP contribution in [0.25, 0.3) is 11.5 Å². The van der Waals surface area contributed by atoms with Gasteiger partial charge in [0.25, 0.3) is 5.89 Å². The standard InChI is InChI=1S/C22H22FN3O2/c23-22(21-24-20(28-25-21)18-11-5-2-6-12-18)14-15-26(16-22)19(27)13-7-10-17-8-3-1-4-9-17/h1-6,8-9,11-12H,7,10,13-16H2. The van der Waals surface area contributed by atoms with E-state index in [1.807, 2.05) is 60.7 Å². The summed E-state index contributed by atoms with van der Waals surface area (Å²) in [5.41, 5.74) is 0.194. The quantitative estimate of drug-likeness (QED) is 0.645. The average Bonchev–Trinajstić information content (AvgIpc) is 3.38. The van der Waals surface area contributed by atoms with Crippen molar-refractivity contribution in [3.05, 3.63) is 72.1 Å². The third kappa shape index (κ3) is 3.96. The molecule has 1 amide bonds. The summed E-state index contributed by atoms with van der Waals surface area (Å²) in [5, 5.41) is 3.84. The van der Waals surface area contributed by atoms with E-state index < -0.39 is 5.67 Å². The fraction of sp³-hybridized carbons (Fsp3) is 0.318. The summed E-state index contributed by atoms with van der Waals surface area (Å²) in [6.45, 7) is 0.348. The van der Waals surface area contributed by atoms with Crippen LogP contribution in [0.2, 0.25) is 0 Å². The number of alkyl halides is 1. The van der Waals surface area contributed by atoms with Crippen molar-refractivity contribution in [2.75, 3.05) is 13.1 Å². The summed E-state index contributed by atoms with van der Waals surface area (Å²) in [6, 6.07) is 19.3. The van der Waals surface area contributed by atoms with Crippen LogP contribution >= 0.6 is 0 Å². The van der Waals surface area contributed by atoms with Gasteiger partial charge in [-0.05, 0) is 30.5 Å². The Labute approximate surface area is 163 Å². The molecule has 5 nitrogen and oxygen atoms in total. The SMILES string of the molecule is O=C(CCCc1ccccc1)N1CCC(F)(c2noc(-c3ccccc3)n2)C1. The number of benzene rings is 2. The number of amides is 1. The number of hydrogen-bond donors (Lipinski definition) is 0. The third-order valence-corrected chi connectivity index (χ3v) is 5.12. The summed E-state index contributed by atoms with van der Waals surface area (Å²) in [5.74, 6) is 0.286. The molecular formula is C22H22FN3O2. The van der Waals surface area contributed by atoms with E-state index in [9.17, 15) is 4.79 Å². The molecule has 0 saturated carbocycles. The van der Waals surface area contributed by atoms with Crippen molar-refractivity contribution in [1.29, 1.82) is 0 Å². The van der Waals surface area contributed by atoms with Crippen molar-refractivity contribution in [2.24, 2.45) is 0 Å². The van der Waals surface area contributed by atoms with Crippen LogP contribution in [0.15, 0.2) is 65.2 Å². The molecule has 0 bridgehead atoms. The molecule has 0 N–H and O–H groups in total. The average molecular weight is 379 g/mol. The fourth-order valence-electron chi connectivity index (χ4n) is 3.52. The molecule has 144 valence electrons. The van der Waals surface area contributed by atoms with Gasteiger partial charge in [-0.2, -0.15) is 4.98 Å². The number of aryl methyl sites for hydroxylation is 1. The van der Waals surface area contributed by atoms with E-state index in [0.29, 0.717) is 18.9 Å². The number of halogens is 1. The van der Waals surface area contributed by atoms with E-state index in [-0.39, 0.29) is 24.7 Å². The van der Waals surface area contributed by atoms with Crippen molar-refractivity contribution in [1.82, 2.24) is 15.0 Å². The van der Waals surface area contributed by atoms with Crippen LogP contribution in [-0.4, -0.2) is 34.0 Å². The van der Waals surface area contributed by atoms with Crippen molar-refractivity contribution < 1.29 is 13.7 Å². The Morgan fingerprint density at radius 3 is 2.57 bits per heavy atom. The highest BCUT2D eigenvalue weighted by molar-refractivity contribution is 5.76. The van der Waals surface area contributed by atoms with E-state index >= 15 is 4.39 Å². The molecule has 0 spiro atoms. The zero-order valence-corrected chi connectivity index (χ0v) is 15.6.